The highest BCUT2D eigenvalue weighted by Gasteiger charge is 2.26. The Kier molecular flexibility index (Phi) is 4.61. The summed E-state index contributed by atoms with van der Waals surface area (Å²) in [7, 11) is 1.68. The Morgan fingerprint density at radius 3 is 2.67 bits per heavy atom. The molecule has 1 saturated heterocycles. The molecule has 0 spiro atoms. The molecule has 1 N–H and O–H groups in total. The van der Waals surface area contributed by atoms with Crippen molar-refractivity contribution in [3.05, 3.63) is 29.8 Å². The molecule has 0 unspecified atom stereocenters. The molecule has 0 radical (unpaired) electrons. The molecule has 2 aromatic heterocycles. The summed E-state index contributed by atoms with van der Waals surface area (Å²) in [6, 6.07) is 1.61. The van der Waals surface area contributed by atoms with Gasteiger partial charge in [-0.25, -0.2) is 0 Å². The molecule has 128 valence electrons. The first-order valence-electron chi connectivity index (χ1n) is 7.84. The minimum absolute atomic E-state index is 0.155. The molecular weight excluding hydrogens is 312 g/mol. The fourth-order valence-corrected chi connectivity index (χ4v) is 2.64. The van der Waals surface area contributed by atoms with Crippen LogP contribution in [0.3, 0.4) is 0 Å². The van der Waals surface area contributed by atoms with Gasteiger partial charge in [0, 0.05) is 32.9 Å². The molecule has 0 atom stereocenters. The van der Waals surface area contributed by atoms with Crippen LogP contribution in [0.15, 0.2) is 18.5 Å². The maximum Gasteiger partial charge on any atom is 0.274 e. The lowest BCUT2D eigenvalue weighted by atomic mass is 10.2. The van der Waals surface area contributed by atoms with Crippen LogP contribution in [-0.2, 0) is 18.3 Å². The molecule has 0 aliphatic carbocycles. The number of nitrogens with one attached hydrogen (secondary N) is 1. The first-order valence-corrected chi connectivity index (χ1v) is 7.84. The molecule has 1 aliphatic heterocycles. The molecule has 0 bridgehead atoms. The summed E-state index contributed by atoms with van der Waals surface area (Å²) in [5, 5.41) is 11.0. The van der Waals surface area contributed by atoms with Gasteiger partial charge in [0.05, 0.1) is 25.1 Å². The van der Waals surface area contributed by atoms with Crippen molar-refractivity contribution < 1.29 is 14.3 Å². The number of carbonyl (C=O) groups excluding carboxylic acids is 2. The highest BCUT2D eigenvalue weighted by Crippen LogP contribution is 2.19. The number of anilines is 1. The molecule has 0 saturated carbocycles. The molecule has 9 nitrogen and oxygen atoms in total. The standard InChI is InChI=1S/C15H20N6O3/c1-3-21-13(15(23)20-6-8-24-9-7-20)11(10-17-21)18-14(22)12-4-5-16-19(12)2/h4-5,10H,3,6-9H2,1-2H3,(H,18,22). The third-order valence-corrected chi connectivity index (χ3v) is 3.94. The summed E-state index contributed by atoms with van der Waals surface area (Å²) in [6.45, 7) is 4.53. The third kappa shape index (κ3) is 3.02. The molecule has 9 heteroatoms. The zero-order valence-electron chi connectivity index (χ0n) is 13.7. The van der Waals surface area contributed by atoms with Crippen molar-refractivity contribution in [1.29, 1.82) is 0 Å². The van der Waals surface area contributed by atoms with Crippen LogP contribution in [0.1, 0.15) is 27.9 Å². The Balaban J connectivity index is 1.86. The molecular formula is C15H20N6O3. The fraction of sp³-hybridized carbons (Fsp3) is 0.467. The number of carbonyl (C=O) groups is 2. The summed E-state index contributed by atoms with van der Waals surface area (Å²) in [5.41, 5.74) is 1.19. The quantitative estimate of drug-likeness (QED) is 0.872. The van der Waals surface area contributed by atoms with E-state index in [2.05, 4.69) is 15.5 Å². The van der Waals surface area contributed by atoms with Gasteiger partial charge in [0.2, 0.25) is 0 Å². The molecule has 2 aromatic rings. The first-order chi connectivity index (χ1) is 11.6. The molecule has 1 fully saturated rings. The highest BCUT2D eigenvalue weighted by molar-refractivity contribution is 6.07. The van der Waals surface area contributed by atoms with Gasteiger partial charge in [-0.3, -0.25) is 19.0 Å². The zero-order chi connectivity index (χ0) is 17.1. The molecule has 3 rings (SSSR count). The van der Waals surface area contributed by atoms with E-state index in [-0.39, 0.29) is 11.8 Å². The van der Waals surface area contributed by atoms with E-state index in [9.17, 15) is 9.59 Å². The van der Waals surface area contributed by atoms with E-state index in [1.807, 2.05) is 6.92 Å². The van der Waals surface area contributed by atoms with E-state index in [1.54, 1.807) is 28.9 Å². The van der Waals surface area contributed by atoms with Crippen LogP contribution in [0, 0.1) is 0 Å². The van der Waals surface area contributed by atoms with Crippen LogP contribution in [-0.4, -0.2) is 62.6 Å². The van der Waals surface area contributed by atoms with Crippen LogP contribution in [0.25, 0.3) is 0 Å². The second-order valence-corrected chi connectivity index (χ2v) is 5.42. The van der Waals surface area contributed by atoms with E-state index in [0.29, 0.717) is 49.9 Å². The van der Waals surface area contributed by atoms with E-state index in [0.717, 1.165) is 0 Å². The monoisotopic (exact) mass is 332 g/mol. The van der Waals surface area contributed by atoms with Gasteiger partial charge in [0.15, 0.2) is 0 Å². The van der Waals surface area contributed by atoms with E-state index < -0.39 is 0 Å². The van der Waals surface area contributed by atoms with Gasteiger partial charge >= 0.3 is 0 Å². The van der Waals surface area contributed by atoms with Crippen molar-refractivity contribution in [3.8, 4) is 0 Å². The second kappa shape index (κ2) is 6.83. The van der Waals surface area contributed by atoms with Gasteiger partial charge < -0.3 is 15.0 Å². The van der Waals surface area contributed by atoms with Crippen molar-refractivity contribution in [1.82, 2.24) is 24.5 Å². The van der Waals surface area contributed by atoms with Crippen LogP contribution in [0.5, 0.6) is 0 Å². The number of ether oxygens (including phenoxy) is 1. The molecule has 24 heavy (non-hydrogen) atoms. The van der Waals surface area contributed by atoms with Crippen molar-refractivity contribution in [2.75, 3.05) is 31.6 Å². The normalized spacial score (nSPS) is 14.7. The van der Waals surface area contributed by atoms with E-state index in [4.69, 9.17) is 4.74 Å². The Hall–Kier alpha value is -2.68. The summed E-state index contributed by atoms with van der Waals surface area (Å²) in [4.78, 5) is 26.9. The Morgan fingerprint density at radius 2 is 2.04 bits per heavy atom. The Bertz CT molecular complexity index is 744. The Morgan fingerprint density at radius 1 is 1.29 bits per heavy atom. The fourth-order valence-electron chi connectivity index (χ4n) is 2.64. The van der Waals surface area contributed by atoms with Gasteiger partial charge in [-0.15, -0.1) is 0 Å². The maximum absolute atomic E-state index is 12.8. The predicted molar refractivity (Wildman–Crippen MR) is 85.8 cm³/mol. The van der Waals surface area contributed by atoms with E-state index in [1.165, 1.54) is 10.9 Å². The van der Waals surface area contributed by atoms with Crippen molar-refractivity contribution in [3.63, 3.8) is 0 Å². The highest BCUT2D eigenvalue weighted by atomic mass is 16.5. The summed E-state index contributed by atoms with van der Waals surface area (Å²) in [6.07, 6.45) is 3.05. The van der Waals surface area contributed by atoms with Gasteiger partial charge in [-0.2, -0.15) is 10.2 Å². The summed E-state index contributed by atoms with van der Waals surface area (Å²) in [5.74, 6) is -0.486. The SMILES string of the molecule is CCn1ncc(NC(=O)c2ccnn2C)c1C(=O)N1CCOCC1. The van der Waals surface area contributed by atoms with E-state index >= 15 is 0 Å². The molecule has 0 aromatic carbocycles. The number of morpholine rings is 1. The summed E-state index contributed by atoms with van der Waals surface area (Å²) >= 11 is 0. The zero-order valence-corrected chi connectivity index (χ0v) is 13.7. The first kappa shape index (κ1) is 16.2. The second-order valence-electron chi connectivity index (χ2n) is 5.42. The van der Waals surface area contributed by atoms with Crippen molar-refractivity contribution in [2.45, 2.75) is 13.5 Å². The van der Waals surface area contributed by atoms with Gasteiger partial charge in [0.25, 0.3) is 11.8 Å². The molecule has 3 heterocycles. The van der Waals surface area contributed by atoms with Crippen LogP contribution in [0.2, 0.25) is 0 Å². The predicted octanol–water partition coefficient (Wildman–Crippen LogP) is 0.361. The number of amides is 2. The third-order valence-electron chi connectivity index (χ3n) is 3.94. The minimum Gasteiger partial charge on any atom is -0.378 e. The lowest BCUT2D eigenvalue weighted by Crippen LogP contribution is -2.41. The van der Waals surface area contributed by atoms with Crippen LogP contribution in [0.4, 0.5) is 5.69 Å². The maximum atomic E-state index is 12.8. The molecule has 1 aliphatic rings. The topological polar surface area (TPSA) is 94.3 Å². The van der Waals surface area contributed by atoms with Crippen LogP contribution < -0.4 is 5.32 Å². The minimum atomic E-state index is -0.332. The van der Waals surface area contributed by atoms with Gasteiger partial charge in [0.1, 0.15) is 11.4 Å². The average Bonchev–Trinajstić information content (AvgIpc) is 3.21. The Labute approximate surface area is 139 Å². The lowest BCUT2D eigenvalue weighted by Gasteiger charge is -2.27. The smallest absolute Gasteiger partial charge is 0.274 e. The molecule has 2 amide bonds. The largest absolute Gasteiger partial charge is 0.378 e. The van der Waals surface area contributed by atoms with Gasteiger partial charge in [-0.05, 0) is 13.0 Å². The lowest BCUT2D eigenvalue weighted by molar-refractivity contribution is 0.0295. The summed E-state index contributed by atoms with van der Waals surface area (Å²) < 4.78 is 8.35. The van der Waals surface area contributed by atoms with Crippen molar-refractivity contribution >= 4 is 17.5 Å². The van der Waals surface area contributed by atoms with Crippen LogP contribution >= 0.6 is 0 Å². The number of rotatable bonds is 4. The number of hydrogen-bond acceptors (Lipinski definition) is 5. The number of hydrogen-bond donors (Lipinski definition) is 1. The number of aryl methyl sites for hydroxylation is 2. The number of nitrogens with zero attached hydrogens (tertiary/aromatic N) is 5. The average molecular weight is 332 g/mol. The van der Waals surface area contributed by atoms with Gasteiger partial charge in [-0.1, -0.05) is 0 Å². The van der Waals surface area contributed by atoms with Crippen molar-refractivity contribution in [2.24, 2.45) is 7.05 Å². The number of aromatic nitrogens is 4.